The Morgan fingerprint density at radius 1 is 1.07 bits per heavy atom. The van der Waals surface area contributed by atoms with Gasteiger partial charge in [-0.15, -0.1) is 0 Å². The standard InChI is InChI=1S/C13H23NO/c15-8-12-6-11(10-3-4-10)7-14-13(12)5-9-1-2-9/h9-15H,1-8H2. The third-order valence-corrected chi connectivity index (χ3v) is 4.62. The quantitative estimate of drug-likeness (QED) is 0.740. The second-order valence-electron chi connectivity index (χ2n) is 5.97. The van der Waals surface area contributed by atoms with Crippen molar-refractivity contribution in [2.45, 2.75) is 44.6 Å². The Kier molecular flexibility index (Phi) is 2.73. The molecular formula is C13H23NO. The second kappa shape index (κ2) is 4.06. The van der Waals surface area contributed by atoms with Crippen molar-refractivity contribution in [1.82, 2.24) is 5.32 Å². The molecule has 3 fully saturated rings. The molecule has 0 radical (unpaired) electrons. The Balaban J connectivity index is 1.54. The van der Waals surface area contributed by atoms with Crippen LogP contribution >= 0.6 is 0 Å². The molecule has 0 spiro atoms. The largest absolute Gasteiger partial charge is 0.396 e. The lowest BCUT2D eigenvalue weighted by Crippen LogP contribution is -2.47. The van der Waals surface area contributed by atoms with Gasteiger partial charge in [-0.3, -0.25) is 0 Å². The first-order valence-corrected chi connectivity index (χ1v) is 6.71. The summed E-state index contributed by atoms with van der Waals surface area (Å²) in [5.41, 5.74) is 0. The van der Waals surface area contributed by atoms with Crippen molar-refractivity contribution < 1.29 is 5.11 Å². The maximum Gasteiger partial charge on any atom is 0.0474 e. The van der Waals surface area contributed by atoms with E-state index in [1.54, 1.807) is 0 Å². The molecule has 0 aromatic carbocycles. The minimum absolute atomic E-state index is 0.396. The summed E-state index contributed by atoms with van der Waals surface area (Å²) in [5.74, 6) is 3.39. The molecule has 2 nitrogen and oxygen atoms in total. The Labute approximate surface area is 92.4 Å². The molecule has 15 heavy (non-hydrogen) atoms. The summed E-state index contributed by atoms with van der Waals surface area (Å²) in [6, 6.07) is 0.623. The molecule has 0 aromatic heterocycles. The van der Waals surface area contributed by atoms with Gasteiger partial charge in [-0.05, 0) is 55.9 Å². The first kappa shape index (κ1) is 10.1. The lowest BCUT2D eigenvalue weighted by atomic mass is 9.81. The molecule has 2 saturated carbocycles. The first-order chi connectivity index (χ1) is 7.36. The predicted octanol–water partition coefficient (Wildman–Crippen LogP) is 1.78. The summed E-state index contributed by atoms with van der Waals surface area (Å²) in [4.78, 5) is 0. The monoisotopic (exact) mass is 209 g/mol. The average molecular weight is 209 g/mol. The van der Waals surface area contributed by atoms with E-state index in [2.05, 4.69) is 5.32 Å². The summed E-state index contributed by atoms with van der Waals surface area (Å²) in [6.45, 7) is 1.62. The van der Waals surface area contributed by atoms with Gasteiger partial charge in [0, 0.05) is 12.6 Å². The Morgan fingerprint density at radius 3 is 2.47 bits per heavy atom. The molecule has 86 valence electrons. The van der Waals surface area contributed by atoms with Gasteiger partial charge in [0.15, 0.2) is 0 Å². The fraction of sp³-hybridized carbons (Fsp3) is 1.00. The molecule has 0 aromatic rings. The van der Waals surface area contributed by atoms with Crippen molar-refractivity contribution in [2.75, 3.05) is 13.2 Å². The predicted molar refractivity (Wildman–Crippen MR) is 60.5 cm³/mol. The average Bonchev–Trinajstić information content (AvgIpc) is 3.12. The van der Waals surface area contributed by atoms with Gasteiger partial charge < -0.3 is 10.4 Å². The molecule has 2 heteroatoms. The van der Waals surface area contributed by atoms with Gasteiger partial charge >= 0.3 is 0 Å². The molecule has 0 amide bonds. The minimum atomic E-state index is 0.396. The lowest BCUT2D eigenvalue weighted by Gasteiger charge is -2.36. The highest BCUT2D eigenvalue weighted by Crippen LogP contribution is 2.43. The summed E-state index contributed by atoms with van der Waals surface area (Å²) in [6.07, 6.45) is 8.36. The van der Waals surface area contributed by atoms with Gasteiger partial charge in [0.1, 0.15) is 0 Å². The zero-order valence-corrected chi connectivity index (χ0v) is 9.49. The van der Waals surface area contributed by atoms with Crippen molar-refractivity contribution >= 4 is 0 Å². The van der Waals surface area contributed by atoms with Crippen LogP contribution in [0.3, 0.4) is 0 Å². The second-order valence-corrected chi connectivity index (χ2v) is 5.97. The third kappa shape index (κ3) is 2.36. The number of rotatable bonds is 4. The number of piperidine rings is 1. The molecule has 2 aliphatic carbocycles. The lowest BCUT2D eigenvalue weighted by molar-refractivity contribution is 0.117. The highest BCUT2D eigenvalue weighted by Gasteiger charge is 2.39. The molecule has 3 unspecified atom stereocenters. The number of hydrogen-bond donors (Lipinski definition) is 2. The van der Waals surface area contributed by atoms with Crippen molar-refractivity contribution in [3.63, 3.8) is 0 Å². The molecule has 1 heterocycles. The van der Waals surface area contributed by atoms with E-state index in [0.29, 0.717) is 18.6 Å². The van der Waals surface area contributed by atoms with Gasteiger partial charge in [0.25, 0.3) is 0 Å². The van der Waals surface area contributed by atoms with Crippen LogP contribution in [0.5, 0.6) is 0 Å². The van der Waals surface area contributed by atoms with Crippen LogP contribution < -0.4 is 5.32 Å². The van der Waals surface area contributed by atoms with E-state index in [9.17, 15) is 5.11 Å². The van der Waals surface area contributed by atoms with Crippen LogP contribution in [-0.2, 0) is 0 Å². The van der Waals surface area contributed by atoms with Gasteiger partial charge in [-0.25, -0.2) is 0 Å². The molecule has 3 atom stereocenters. The number of hydrogen-bond acceptors (Lipinski definition) is 2. The SMILES string of the molecule is OCC1CC(C2CC2)CNC1CC1CC1. The molecule has 1 aliphatic heterocycles. The van der Waals surface area contributed by atoms with Crippen LogP contribution in [0.15, 0.2) is 0 Å². The number of nitrogens with one attached hydrogen (secondary N) is 1. The summed E-state index contributed by atoms with van der Waals surface area (Å²) >= 11 is 0. The molecular weight excluding hydrogens is 186 g/mol. The molecule has 1 saturated heterocycles. The van der Waals surface area contributed by atoms with Crippen LogP contribution in [0.1, 0.15) is 38.5 Å². The Hall–Kier alpha value is -0.0800. The first-order valence-electron chi connectivity index (χ1n) is 6.71. The zero-order valence-electron chi connectivity index (χ0n) is 9.49. The van der Waals surface area contributed by atoms with Crippen LogP contribution in [0, 0.1) is 23.7 Å². The van der Waals surface area contributed by atoms with Crippen molar-refractivity contribution in [2.24, 2.45) is 23.7 Å². The van der Waals surface area contributed by atoms with Crippen LogP contribution in [-0.4, -0.2) is 24.3 Å². The fourth-order valence-corrected chi connectivity index (χ4v) is 3.22. The maximum absolute atomic E-state index is 9.47. The van der Waals surface area contributed by atoms with Gasteiger partial charge in [-0.2, -0.15) is 0 Å². The van der Waals surface area contributed by atoms with Gasteiger partial charge in [0.05, 0.1) is 0 Å². The smallest absolute Gasteiger partial charge is 0.0474 e. The van der Waals surface area contributed by atoms with Crippen molar-refractivity contribution in [3.8, 4) is 0 Å². The zero-order chi connectivity index (χ0) is 10.3. The van der Waals surface area contributed by atoms with E-state index in [1.807, 2.05) is 0 Å². The van der Waals surface area contributed by atoms with E-state index in [-0.39, 0.29) is 0 Å². The van der Waals surface area contributed by atoms with E-state index < -0.39 is 0 Å². The number of aliphatic hydroxyl groups excluding tert-OH is 1. The summed E-state index contributed by atoms with van der Waals surface area (Å²) in [5, 5.41) is 13.2. The van der Waals surface area contributed by atoms with Crippen molar-refractivity contribution in [1.29, 1.82) is 0 Å². The summed E-state index contributed by atoms with van der Waals surface area (Å²) < 4.78 is 0. The summed E-state index contributed by atoms with van der Waals surface area (Å²) in [7, 11) is 0. The van der Waals surface area contributed by atoms with E-state index in [0.717, 1.165) is 17.8 Å². The highest BCUT2D eigenvalue weighted by atomic mass is 16.3. The van der Waals surface area contributed by atoms with Gasteiger partial charge in [0.2, 0.25) is 0 Å². The third-order valence-electron chi connectivity index (χ3n) is 4.62. The topological polar surface area (TPSA) is 32.3 Å². The minimum Gasteiger partial charge on any atom is -0.396 e. The fourth-order valence-electron chi connectivity index (χ4n) is 3.22. The molecule has 2 N–H and O–H groups in total. The maximum atomic E-state index is 9.47. The highest BCUT2D eigenvalue weighted by molar-refractivity contribution is 4.93. The van der Waals surface area contributed by atoms with Crippen molar-refractivity contribution in [3.05, 3.63) is 0 Å². The van der Waals surface area contributed by atoms with Gasteiger partial charge in [-0.1, -0.05) is 12.8 Å². The van der Waals surface area contributed by atoms with Crippen LogP contribution in [0.4, 0.5) is 0 Å². The number of aliphatic hydroxyl groups is 1. The molecule has 3 rings (SSSR count). The van der Waals surface area contributed by atoms with E-state index >= 15 is 0 Å². The van der Waals surface area contributed by atoms with Crippen LogP contribution in [0.2, 0.25) is 0 Å². The molecule has 3 aliphatic rings. The Morgan fingerprint density at radius 2 is 1.87 bits per heavy atom. The van der Waals surface area contributed by atoms with Crippen LogP contribution in [0.25, 0.3) is 0 Å². The Bertz CT molecular complexity index is 223. The van der Waals surface area contributed by atoms with E-state index in [1.165, 1.54) is 45.1 Å². The normalized spacial score (nSPS) is 41.8. The molecule has 0 bridgehead atoms. The van der Waals surface area contributed by atoms with E-state index in [4.69, 9.17) is 0 Å².